The fourth-order valence-corrected chi connectivity index (χ4v) is 3.27. The minimum absolute atomic E-state index is 0.103. The summed E-state index contributed by atoms with van der Waals surface area (Å²) in [4.78, 5) is 7.63. The number of nitrogens with zero attached hydrogens (tertiary/aromatic N) is 2. The third kappa shape index (κ3) is 3.66. The number of fused-ring (bicyclic) bond motifs is 1. The molecule has 0 radical (unpaired) electrons. The Balaban J connectivity index is 2.00. The van der Waals surface area contributed by atoms with E-state index in [2.05, 4.69) is 15.3 Å². The molecule has 0 atom stereocenters. The lowest BCUT2D eigenvalue weighted by atomic mass is 10.1. The Morgan fingerprint density at radius 3 is 2.54 bits per heavy atom. The van der Waals surface area contributed by atoms with E-state index < -0.39 is 26.6 Å². The Morgan fingerprint density at radius 1 is 1.18 bits per heavy atom. The average molecular weight is 409 g/mol. The normalized spacial score (nSPS) is 11.6. The van der Waals surface area contributed by atoms with Crippen LogP contribution in [0, 0.1) is 18.6 Å². The molecule has 2 heterocycles. The topological polar surface area (TPSA) is 133 Å². The van der Waals surface area contributed by atoms with Gasteiger partial charge in [-0.2, -0.15) is 4.98 Å². The highest BCUT2D eigenvalue weighted by atomic mass is 32.2. The number of benzene rings is 1. The molecule has 1 aromatic carbocycles. The molecule has 0 aliphatic rings. The molecule has 148 valence electrons. The Kier molecular flexibility index (Phi) is 5.04. The molecule has 0 saturated heterocycles. The van der Waals surface area contributed by atoms with Gasteiger partial charge in [0, 0.05) is 23.6 Å². The number of ether oxygens (including phenoxy) is 1. The third-order valence-corrected chi connectivity index (χ3v) is 5.05. The molecule has 2 aromatic heterocycles. The number of aromatic nitrogens is 2. The third-order valence-electron chi connectivity index (χ3n) is 4.12. The first kappa shape index (κ1) is 19.7. The summed E-state index contributed by atoms with van der Waals surface area (Å²) in [5.74, 6) is -1.70. The van der Waals surface area contributed by atoms with E-state index in [0.29, 0.717) is 40.0 Å². The molecule has 3 aromatic rings. The monoisotopic (exact) mass is 409 g/mol. The molecule has 8 nitrogen and oxygen atoms in total. The van der Waals surface area contributed by atoms with Gasteiger partial charge in [-0.15, -0.1) is 0 Å². The van der Waals surface area contributed by atoms with Crippen molar-refractivity contribution in [3.05, 3.63) is 47.2 Å². The van der Waals surface area contributed by atoms with Gasteiger partial charge in [0.1, 0.15) is 16.5 Å². The number of sulfonamides is 1. The number of aryl methyl sites for hydroxylation is 1. The molecule has 3 rings (SSSR count). The highest BCUT2D eigenvalue weighted by molar-refractivity contribution is 7.89. The fourth-order valence-electron chi connectivity index (χ4n) is 2.67. The van der Waals surface area contributed by atoms with Crippen LogP contribution < -0.4 is 20.9 Å². The number of methoxy groups -OCH3 is 1. The summed E-state index contributed by atoms with van der Waals surface area (Å²) < 4.78 is 55.9. The number of nitrogens with one attached hydrogen (secondary N) is 1. The van der Waals surface area contributed by atoms with Crippen molar-refractivity contribution in [1.82, 2.24) is 9.97 Å². The lowest BCUT2D eigenvalue weighted by Crippen LogP contribution is -2.15. The van der Waals surface area contributed by atoms with Crippen LogP contribution in [0.4, 0.5) is 20.2 Å². The lowest BCUT2D eigenvalue weighted by molar-refractivity contribution is 0.399. The van der Waals surface area contributed by atoms with Crippen molar-refractivity contribution >= 4 is 32.4 Å². The predicted octanol–water partition coefficient (Wildman–Crippen LogP) is 2.07. The molecule has 0 amide bonds. The SMILES string of the molecule is COc1ccc2c(NCc3cc(F)c(S(N)(=O)=O)cc3F)c(N)c(C)nc2n1. The number of nitrogen functional groups attached to an aromatic ring is 1. The molecular weight excluding hydrogens is 392 g/mol. The molecule has 0 spiro atoms. The summed E-state index contributed by atoms with van der Waals surface area (Å²) in [5.41, 5.74) is 7.60. The van der Waals surface area contributed by atoms with E-state index >= 15 is 0 Å². The molecule has 0 unspecified atom stereocenters. The number of anilines is 2. The van der Waals surface area contributed by atoms with Crippen molar-refractivity contribution in [1.29, 1.82) is 0 Å². The maximum Gasteiger partial charge on any atom is 0.241 e. The van der Waals surface area contributed by atoms with Crippen LogP contribution in [0.1, 0.15) is 11.3 Å². The van der Waals surface area contributed by atoms with Gasteiger partial charge in [-0.1, -0.05) is 0 Å². The summed E-state index contributed by atoms with van der Waals surface area (Å²) in [6, 6.07) is 4.63. The zero-order chi connectivity index (χ0) is 20.6. The zero-order valence-electron chi connectivity index (χ0n) is 15.0. The van der Waals surface area contributed by atoms with Crippen molar-refractivity contribution in [2.45, 2.75) is 18.4 Å². The minimum Gasteiger partial charge on any atom is -0.481 e. The molecule has 0 bridgehead atoms. The Hall–Kier alpha value is -3.05. The number of pyridine rings is 2. The fraction of sp³-hybridized carbons (Fsp3) is 0.176. The van der Waals surface area contributed by atoms with E-state index in [-0.39, 0.29) is 12.1 Å². The van der Waals surface area contributed by atoms with Crippen LogP contribution in [0.2, 0.25) is 0 Å². The van der Waals surface area contributed by atoms with Gasteiger partial charge in [-0.25, -0.2) is 27.3 Å². The summed E-state index contributed by atoms with van der Waals surface area (Å²) >= 11 is 0. The second kappa shape index (κ2) is 7.17. The summed E-state index contributed by atoms with van der Waals surface area (Å²) in [6.45, 7) is 1.52. The van der Waals surface area contributed by atoms with Crippen LogP contribution in [-0.4, -0.2) is 25.5 Å². The number of rotatable bonds is 5. The molecule has 11 heteroatoms. The molecule has 0 fully saturated rings. The van der Waals surface area contributed by atoms with Gasteiger partial charge in [-0.3, -0.25) is 0 Å². The average Bonchev–Trinajstić information content (AvgIpc) is 2.63. The van der Waals surface area contributed by atoms with Crippen molar-refractivity contribution in [3.63, 3.8) is 0 Å². The van der Waals surface area contributed by atoms with Crippen molar-refractivity contribution < 1.29 is 21.9 Å². The van der Waals surface area contributed by atoms with Gasteiger partial charge < -0.3 is 15.8 Å². The second-order valence-corrected chi connectivity index (χ2v) is 7.51. The predicted molar refractivity (Wildman–Crippen MR) is 100 cm³/mol. The van der Waals surface area contributed by atoms with E-state index in [1.54, 1.807) is 19.1 Å². The first-order valence-corrected chi connectivity index (χ1v) is 9.52. The van der Waals surface area contributed by atoms with Crippen molar-refractivity contribution in [2.75, 3.05) is 18.2 Å². The molecule has 0 aliphatic heterocycles. The van der Waals surface area contributed by atoms with Crippen LogP contribution >= 0.6 is 0 Å². The number of hydrogen-bond acceptors (Lipinski definition) is 7. The van der Waals surface area contributed by atoms with E-state index in [4.69, 9.17) is 15.6 Å². The summed E-state index contributed by atoms with van der Waals surface area (Å²) in [6.07, 6.45) is 0. The van der Waals surface area contributed by atoms with Crippen molar-refractivity contribution in [3.8, 4) is 5.88 Å². The molecular formula is C17H17F2N5O3S. The van der Waals surface area contributed by atoms with Gasteiger partial charge >= 0.3 is 0 Å². The molecule has 0 aliphatic carbocycles. The molecule has 5 N–H and O–H groups in total. The lowest BCUT2D eigenvalue weighted by Gasteiger charge is -2.15. The van der Waals surface area contributed by atoms with Gasteiger partial charge in [0.05, 0.1) is 24.2 Å². The highest BCUT2D eigenvalue weighted by Gasteiger charge is 2.19. The van der Waals surface area contributed by atoms with Crippen LogP contribution in [0.3, 0.4) is 0 Å². The largest absolute Gasteiger partial charge is 0.481 e. The number of nitrogens with two attached hydrogens (primary N) is 2. The van der Waals surface area contributed by atoms with Crippen LogP contribution in [-0.2, 0) is 16.6 Å². The standard InChI is InChI=1S/C17H17F2N5O3S/c1-8-15(20)16(10-3-4-14(27-2)24-17(10)23-8)22-7-9-5-12(19)13(6-11(9)18)28(21,25)26/h3-6H,7,20H2,1-2H3,(H2,21,25,26)(H,22,23,24). The maximum absolute atomic E-state index is 14.3. The van der Waals surface area contributed by atoms with Crippen molar-refractivity contribution in [2.24, 2.45) is 5.14 Å². The highest BCUT2D eigenvalue weighted by Crippen LogP contribution is 2.31. The van der Waals surface area contributed by atoms with E-state index in [1.165, 1.54) is 7.11 Å². The van der Waals surface area contributed by atoms with Gasteiger partial charge in [-0.05, 0) is 25.1 Å². The van der Waals surface area contributed by atoms with Gasteiger partial charge in [0.2, 0.25) is 15.9 Å². The summed E-state index contributed by atoms with van der Waals surface area (Å²) in [5, 5.41) is 8.38. The zero-order valence-corrected chi connectivity index (χ0v) is 15.8. The number of hydrogen-bond donors (Lipinski definition) is 3. The molecule has 28 heavy (non-hydrogen) atoms. The number of halogens is 2. The maximum atomic E-state index is 14.3. The second-order valence-electron chi connectivity index (χ2n) is 5.98. The van der Waals surface area contributed by atoms with E-state index in [1.807, 2.05) is 0 Å². The Labute approximate surface area is 159 Å². The van der Waals surface area contributed by atoms with Gasteiger partial charge in [0.15, 0.2) is 5.65 Å². The first-order chi connectivity index (χ1) is 13.1. The molecule has 0 saturated carbocycles. The van der Waals surface area contributed by atoms with Crippen LogP contribution in [0.15, 0.2) is 29.2 Å². The smallest absolute Gasteiger partial charge is 0.241 e. The Morgan fingerprint density at radius 2 is 1.89 bits per heavy atom. The van der Waals surface area contributed by atoms with Gasteiger partial charge in [0.25, 0.3) is 0 Å². The van der Waals surface area contributed by atoms with Crippen LogP contribution in [0.25, 0.3) is 11.0 Å². The minimum atomic E-state index is -4.37. The number of primary sulfonamides is 1. The van der Waals surface area contributed by atoms with E-state index in [9.17, 15) is 17.2 Å². The first-order valence-electron chi connectivity index (χ1n) is 7.97. The quantitative estimate of drug-likeness (QED) is 0.587. The Bertz CT molecular complexity index is 1190. The summed E-state index contributed by atoms with van der Waals surface area (Å²) in [7, 11) is -2.90. The van der Waals surface area contributed by atoms with E-state index in [0.717, 1.165) is 6.07 Å². The van der Waals surface area contributed by atoms with Crippen LogP contribution in [0.5, 0.6) is 5.88 Å².